The fraction of sp³-hybridized carbons (Fsp3) is 1.00. The van der Waals surface area contributed by atoms with Crippen molar-refractivity contribution in [3.63, 3.8) is 0 Å². The third-order valence-corrected chi connectivity index (χ3v) is 5.51. The predicted octanol–water partition coefficient (Wildman–Crippen LogP) is 1.63. The molecule has 0 radical (unpaired) electrons. The molecule has 0 amide bonds. The van der Waals surface area contributed by atoms with Crippen LogP contribution in [0.25, 0.3) is 0 Å². The largest absolute Gasteiger partial charge is 0.394 e. The summed E-state index contributed by atoms with van der Waals surface area (Å²) >= 11 is 0. The summed E-state index contributed by atoms with van der Waals surface area (Å²) in [4.78, 5) is 0. The van der Waals surface area contributed by atoms with Crippen LogP contribution in [0.3, 0.4) is 0 Å². The Morgan fingerprint density at radius 1 is 1.12 bits per heavy atom. The maximum Gasteiger partial charge on any atom is 0.0813 e. The molecule has 0 aliphatic heterocycles. The van der Waals surface area contributed by atoms with Crippen molar-refractivity contribution in [1.82, 2.24) is 0 Å². The van der Waals surface area contributed by atoms with Gasteiger partial charge in [-0.05, 0) is 13.8 Å². The van der Waals surface area contributed by atoms with Crippen LogP contribution in [0.2, 0.25) is 19.6 Å². The van der Waals surface area contributed by atoms with Gasteiger partial charge in [0, 0.05) is 5.22 Å². The molecule has 2 heteroatoms. The first-order valence-corrected chi connectivity index (χ1v) is 6.47. The molecule has 0 aromatic carbocycles. The molecule has 8 heavy (non-hydrogen) atoms. The van der Waals surface area contributed by atoms with E-state index in [-0.39, 0.29) is 0 Å². The zero-order valence-corrected chi connectivity index (χ0v) is 7.45. The summed E-state index contributed by atoms with van der Waals surface area (Å²) in [5, 5.41) is 8.99. The lowest BCUT2D eigenvalue weighted by atomic mass is 10.5. The fourth-order valence-corrected chi connectivity index (χ4v) is 0. The predicted molar refractivity (Wildman–Crippen MR) is 39.6 cm³/mol. The van der Waals surface area contributed by atoms with Gasteiger partial charge in [-0.1, -0.05) is 19.6 Å². The van der Waals surface area contributed by atoms with Crippen LogP contribution in [0.4, 0.5) is 0 Å². The molecule has 0 unspecified atom stereocenters. The van der Waals surface area contributed by atoms with Gasteiger partial charge in [0.05, 0.1) is 8.07 Å². The average Bonchev–Trinajstić information content (AvgIpc) is 1.25. The van der Waals surface area contributed by atoms with Gasteiger partial charge in [-0.3, -0.25) is 0 Å². The van der Waals surface area contributed by atoms with Crippen LogP contribution >= 0.6 is 0 Å². The van der Waals surface area contributed by atoms with Gasteiger partial charge in [-0.15, -0.1) is 0 Å². The second-order valence-electron chi connectivity index (χ2n) is 3.81. The van der Waals surface area contributed by atoms with Gasteiger partial charge >= 0.3 is 0 Å². The minimum absolute atomic E-state index is 0.424. The Morgan fingerprint density at radius 2 is 1.25 bits per heavy atom. The monoisotopic (exact) mass is 132 g/mol. The highest BCUT2D eigenvalue weighted by Gasteiger charge is 2.31. The zero-order chi connectivity index (χ0) is 7.00. The first kappa shape index (κ1) is 8.18. The Balaban J connectivity index is 4.02. The summed E-state index contributed by atoms with van der Waals surface area (Å²) < 4.78 is 0. The summed E-state index contributed by atoms with van der Waals surface area (Å²) in [6.45, 7) is 10.3. The minimum Gasteiger partial charge on any atom is -0.394 e. The standard InChI is InChI=1S/C6H16OSi/c1-6(2,7)8(3,4)5/h7H,1-5H3. The molecule has 0 atom stereocenters. The van der Waals surface area contributed by atoms with Crippen molar-refractivity contribution in [2.75, 3.05) is 0 Å². The van der Waals surface area contributed by atoms with Crippen molar-refractivity contribution < 1.29 is 5.11 Å². The van der Waals surface area contributed by atoms with Gasteiger partial charge in [0.15, 0.2) is 0 Å². The summed E-state index contributed by atoms with van der Waals surface area (Å²) in [7, 11) is -1.30. The van der Waals surface area contributed by atoms with Crippen LogP contribution in [0.1, 0.15) is 13.8 Å². The van der Waals surface area contributed by atoms with Gasteiger partial charge in [-0.25, -0.2) is 0 Å². The minimum atomic E-state index is -1.30. The molecular formula is C6H16OSi. The van der Waals surface area contributed by atoms with E-state index in [4.69, 9.17) is 0 Å². The van der Waals surface area contributed by atoms with Crippen molar-refractivity contribution in [3.05, 3.63) is 0 Å². The second-order valence-corrected chi connectivity index (χ2v) is 9.53. The molecule has 0 aliphatic rings. The van der Waals surface area contributed by atoms with Crippen LogP contribution < -0.4 is 0 Å². The third-order valence-electron chi connectivity index (χ3n) is 1.84. The quantitative estimate of drug-likeness (QED) is 0.538. The van der Waals surface area contributed by atoms with E-state index in [1.54, 1.807) is 0 Å². The summed E-state index contributed by atoms with van der Waals surface area (Å²) in [5.41, 5.74) is 0. The molecule has 0 saturated heterocycles. The number of rotatable bonds is 1. The molecular weight excluding hydrogens is 116 g/mol. The van der Waals surface area contributed by atoms with E-state index in [2.05, 4.69) is 19.6 Å². The van der Waals surface area contributed by atoms with Crippen molar-refractivity contribution in [2.24, 2.45) is 0 Å². The summed E-state index contributed by atoms with van der Waals surface area (Å²) in [6.07, 6.45) is 0. The Bertz CT molecular complexity index is 63.5. The van der Waals surface area contributed by atoms with Crippen LogP contribution in [-0.2, 0) is 0 Å². The summed E-state index contributed by atoms with van der Waals surface area (Å²) in [6, 6.07) is 0. The number of hydrogen-bond donors (Lipinski definition) is 1. The van der Waals surface area contributed by atoms with E-state index in [0.29, 0.717) is 0 Å². The molecule has 0 rings (SSSR count). The second kappa shape index (κ2) is 1.85. The van der Waals surface area contributed by atoms with Gasteiger partial charge < -0.3 is 5.11 Å². The maximum atomic E-state index is 9.42. The van der Waals surface area contributed by atoms with E-state index in [0.717, 1.165) is 0 Å². The first-order valence-electron chi connectivity index (χ1n) is 2.97. The Morgan fingerprint density at radius 3 is 1.25 bits per heavy atom. The van der Waals surface area contributed by atoms with Gasteiger partial charge in [0.25, 0.3) is 0 Å². The van der Waals surface area contributed by atoms with Crippen molar-refractivity contribution in [3.8, 4) is 0 Å². The smallest absolute Gasteiger partial charge is 0.0813 e. The molecule has 0 fully saturated rings. The molecule has 0 aromatic heterocycles. The highest BCUT2D eigenvalue weighted by atomic mass is 28.3. The zero-order valence-electron chi connectivity index (χ0n) is 6.45. The molecule has 50 valence electrons. The van der Waals surface area contributed by atoms with Gasteiger partial charge in [-0.2, -0.15) is 0 Å². The van der Waals surface area contributed by atoms with E-state index in [1.165, 1.54) is 0 Å². The Hall–Kier alpha value is 0.177. The molecule has 0 heterocycles. The maximum absolute atomic E-state index is 9.42. The fourth-order valence-electron chi connectivity index (χ4n) is 0. The molecule has 0 saturated carbocycles. The van der Waals surface area contributed by atoms with E-state index >= 15 is 0 Å². The molecule has 1 N–H and O–H groups in total. The molecule has 0 bridgehead atoms. The Labute approximate surface area is 52.7 Å². The van der Waals surface area contributed by atoms with Crippen LogP contribution in [0.15, 0.2) is 0 Å². The lowest BCUT2D eigenvalue weighted by Gasteiger charge is -2.31. The van der Waals surface area contributed by atoms with Crippen LogP contribution in [-0.4, -0.2) is 18.4 Å². The highest BCUT2D eigenvalue weighted by molar-refractivity contribution is 6.78. The third kappa shape index (κ3) is 1.97. The first-order chi connectivity index (χ1) is 3.25. The topological polar surface area (TPSA) is 20.2 Å². The lowest BCUT2D eigenvalue weighted by Crippen LogP contribution is -2.46. The van der Waals surface area contributed by atoms with E-state index in [9.17, 15) is 5.11 Å². The van der Waals surface area contributed by atoms with Crippen LogP contribution in [0, 0.1) is 0 Å². The molecule has 0 aliphatic carbocycles. The van der Waals surface area contributed by atoms with Crippen molar-refractivity contribution >= 4 is 8.07 Å². The molecule has 0 spiro atoms. The van der Waals surface area contributed by atoms with Crippen molar-refractivity contribution in [1.29, 1.82) is 0 Å². The average molecular weight is 132 g/mol. The van der Waals surface area contributed by atoms with E-state index < -0.39 is 13.3 Å². The lowest BCUT2D eigenvalue weighted by molar-refractivity contribution is 0.157. The SMILES string of the molecule is CC(C)(O)[Si](C)(C)C. The highest BCUT2D eigenvalue weighted by Crippen LogP contribution is 2.17. The number of hydrogen-bond acceptors (Lipinski definition) is 1. The van der Waals surface area contributed by atoms with E-state index in [1.807, 2.05) is 13.8 Å². The number of aliphatic hydroxyl groups is 1. The normalized spacial score (nSPS) is 14.2. The summed E-state index contributed by atoms with van der Waals surface area (Å²) in [5.74, 6) is 0. The van der Waals surface area contributed by atoms with Gasteiger partial charge in [0.2, 0.25) is 0 Å². The van der Waals surface area contributed by atoms with Crippen molar-refractivity contribution in [2.45, 2.75) is 38.7 Å². The van der Waals surface area contributed by atoms with Gasteiger partial charge in [0.1, 0.15) is 0 Å². The molecule has 0 aromatic rings. The molecule has 1 nitrogen and oxygen atoms in total. The van der Waals surface area contributed by atoms with Crippen LogP contribution in [0.5, 0.6) is 0 Å². The Kier molecular flexibility index (Phi) is 1.89.